The van der Waals surface area contributed by atoms with Crippen molar-refractivity contribution in [2.24, 2.45) is 0 Å². The Morgan fingerprint density at radius 3 is 2.64 bits per heavy atom. The Balaban J connectivity index is 1.47. The number of amides is 2. The molecular formula is C19H16N2O3S. The molecule has 6 heteroatoms. The highest BCUT2D eigenvalue weighted by Crippen LogP contribution is 2.26. The lowest BCUT2D eigenvalue weighted by Crippen LogP contribution is -2.25. The third kappa shape index (κ3) is 3.53. The van der Waals surface area contributed by atoms with Crippen molar-refractivity contribution in [3.63, 3.8) is 0 Å². The number of nitrogens with one attached hydrogen (secondary N) is 2. The maximum Gasteiger partial charge on any atom is 0.286 e. The van der Waals surface area contributed by atoms with Crippen LogP contribution >= 0.6 is 11.8 Å². The molecule has 1 aromatic heterocycles. The molecule has 1 unspecified atom stereocenters. The van der Waals surface area contributed by atoms with Crippen LogP contribution in [0.4, 0.5) is 4.79 Å². The van der Waals surface area contributed by atoms with Crippen molar-refractivity contribution in [1.29, 1.82) is 0 Å². The van der Waals surface area contributed by atoms with Gasteiger partial charge in [-0.2, -0.15) is 0 Å². The van der Waals surface area contributed by atoms with Gasteiger partial charge in [-0.1, -0.05) is 42.1 Å². The van der Waals surface area contributed by atoms with Crippen LogP contribution in [0.15, 0.2) is 54.6 Å². The fourth-order valence-electron chi connectivity index (χ4n) is 2.84. The number of H-pyrrole nitrogens is 1. The molecule has 1 aliphatic rings. The second kappa shape index (κ2) is 6.64. The van der Waals surface area contributed by atoms with Crippen LogP contribution in [0.5, 0.6) is 5.75 Å². The minimum atomic E-state index is -0.366. The van der Waals surface area contributed by atoms with Crippen molar-refractivity contribution >= 4 is 33.8 Å². The molecule has 5 nitrogen and oxygen atoms in total. The van der Waals surface area contributed by atoms with Crippen LogP contribution in [0, 0.1) is 0 Å². The molecule has 2 aromatic carbocycles. The number of aromatic amines is 1. The SMILES string of the molecule is O=C1NC(=O)C(Cc2cc3cc(OCc4ccccc4)ccc3[nH]2)S1. The van der Waals surface area contributed by atoms with Gasteiger partial charge >= 0.3 is 0 Å². The Hall–Kier alpha value is -2.73. The number of carbonyl (C=O) groups is 2. The molecule has 2 amide bonds. The topological polar surface area (TPSA) is 71.2 Å². The number of rotatable bonds is 5. The summed E-state index contributed by atoms with van der Waals surface area (Å²) in [6.45, 7) is 0.518. The first-order chi connectivity index (χ1) is 12.2. The monoisotopic (exact) mass is 352 g/mol. The van der Waals surface area contributed by atoms with Crippen LogP contribution in [0.25, 0.3) is 10.9 Å². The average Bonchev–Trinajstić information content (AvgIpc) is 3.15. The van der Waals surface area contributed by atoms with E-state index in [2.05, 4.69) is 10.3 Å². The van der Waals surface area contributed by atoms with Crippen LogP contribution in [0.1, 0.15) is 11.3 Å². The van der Waals surface area contributed by atoms with E-state index in [0.717, 1.165) is 39.7 Å². The van der Waals surface area contributed by atoms with E-state index < -0.39 is 0 Å². The lowest BCUT2D eigenvalue weighted by molar-refractivity contribution is -0.118. The lowest BCUT2D eigenvalue weighted by atomic mass is 10.2. The van der Waals surface area contributed by atoms with Crippen LogP contribution in [0.2, 0.25) is 0 Å². The molecular weight excluding hydrogens is 336 g/mol. The summed E-state index contributed by atoms with van der Waals surface area (Å²) in [4.78, 5) is 26.3. The third-order valence-electron chi connectivity index (χ3n) is 4.07. The maximum atomic E-state index is 11.7. The number of aromatic nitrogens is 1. The van der Waals surface area contributed by atoms with Crippen molar-refractivity contribution in [2.45, 2.75) is 18.3 Å². The molecule has 0 aliphatic carbocycles. The molecule has 1 aliphatic heterocycles. The number of hydrogen-bond donors (Lipinski definition) is 2. The molecule has 2 heterocycles. The van der Waals surface area contributed by atoms with E-state index >= 15 is 0 Å². The van der Waals surface area contributed by atoms with Crippen molar-refractivity contribution in [3.05, 3.63) is 65.9 Å². The second-order valence-corrected chi connectivity index (χ2v) is 7.08. The van der Waals surface area contributed by atoms with Crippen LogP contribution in [-0.2, 0) is 17.8 Å². The largest absolute Gasteiger partial charge is 0.489 e. The Morgan fingerprint density at radius 1 is 1.04 bits per heavy atom. The first-order valence-electron chi connectivity index (χ1n) is 7.97. The van der Waals surface area contributed by atoms with Gasteiger partial charge in [0.25, 0.3) is 5.24 Å². The number of fused-ring (bicyclic) bond motifs is 1. The molecule has 25 heavy (non-hydrogen) atoms. The van der Waals surface area contributed by atoms with E-state index in [-0.39, 0.29) is 16.4 Å². The zero-order valence-corrected chi connectivity index (χ0v) is 14.1. The average molecular weight is 352 g/mol. The maximum absolute atomic E-state index is 11.7. The number of benzene rings is 2. The van der Waals surface area contributed by atoms with E-state index in [1.807, 2.05) is 54.6 Å². The summed E-state index contributed by atoms with van der Waals surface area (Å²) < 4.78 is 5.85. The smallest absolute Gasteiger partial charge is 0.286 e. The van der Waals surface area contributed by atoms with Gasteiger partial charge in [-0.25, -0.2) is 0 Å². The molecule has 1 fully saturated rings. The number of ether oxygens (including phenoxy) is 1. The lowest BCUT2D eigenvalue weighted by Gasteiger charge is -2.06. The van der Waals surface area contributed by atoms with Crippen molar-refractivity contribution < 1.29 is 14.3 Å². The predicted octanol–water partition coefficient (Wildman–Crippen LogP) is 3.64. The van der Waals surface area contributed by atoms with Gasteiger partial charge in [0, 0.05) is 23.0 Å². The van der Waals surface area contributed by atoms with Gasteiger partial charge in [0.2, 0.25) is 5.91 Å². The quantitative estimate of drug-likeness (QED) is 0.735. The highest BCUT2D eigenvalue weighted by atomic mass is 32.2. The van der Waals surface area contributed by atoms with Crippen LogP contribution in [0.3, 0.4) is 0 Å². The zero-order valence-electron chi connectivity index (χ0n) is 13.3. The van der Waals surface area contributed by atoms with Gasteiger partial charge in [0.05, 0.1) is 5.25 Å². The first-order valence-corrected chi connectivity index (χ1v) is 8.85. The summed E-state index contributed by atoms with van der Waals surface area (Å²) in [7, 11) is 0. The summed E-state index contributed by atoms with van der Waals surface area (Å²) >= 11 is 1.04. The molecule has 1 atom stereocenters. The molecule has 126 valence electrons. The molecule has 0 radical (unpaired) electrons. The summed E-state index contributed by atoms with van der Waals surface area (Å²) in [5.41, 5.74) is 3.03. The Labute approximate surface area is 148 Å². The number of imide groups is 1. The predicted molar refractivity (Wildman–Crippen MR) is 97.7 cm³/mol. The molecule has 0 saturated carbocycles. The van der Waals surface area contributed by atoms with Crippen molar-refractivity contribution in [3.8, 4) is 5.75 Å². The highest BCUT2D eigenvalue weighted by Gasteiger charge is 2.31. The van der Waals surface area contributed by atoms with E-state index in [4.69, 9.17) is 4.74 Å². The third-order valence-corrected chi connectivity index (χ3v) is 5.05. The number of thioether (sulfide) groups is 1. The Morgan fingerprint density at radius 2 is 1.88 bits per heavy atom. The summed E-state index contributed by atoms with van der Waals surface area (Å²) in [6.07, 6.45) is 0.497. The summed E-state index contributed by atoms with van der Waals surface area (Å²) in [5.74, 6) is 0.575. The molecule has 1 saturated heterocycles. The van der Waals surface area contributed by atoms with Gasteiger partial charge in [-0.05, 0) is 29.8 Å². The van der Waals surface area contributed by atoms with E-state index in [1.165, 1.54) is 0 Å². The van der Waals surface area contributed by atoms with Crippen LogP contribution in [-0.4, -0.2) is 21.4 Å². The first kappa shape index (κ1) is 15.8. The summed E-state index contributed by atoms with van der Waals surface area (Å²) in [6, 6.07) is 17.9. The standard InChI is InChI=1S/C19H16N2O3S/c22-18-17(25-19(23)21-18)10-14-8-13-9-15(6-7-16(13)20-14)24-11-12-4-2-1-3-5-12/h1-9,17,20H,10-11H2,(H,21,22,23). The van der Waals surface area contributed by atoms with Crippen LogP contribution < -0.4 is 10.1 Å². The van der Waals surface area contributed by atoms with E-state index in [0.29, 0.717) is 13.0 Å². The van der Waals surface area contributed by atoms with Gasteiger partial charge in [-0.3, -0.25) is 14.9 Å². The normalized spacial score (nSPS) is 17.0. The van der Waals surface area contributed by atoms with Gasteiger partial charge in [0.15, 0.2) is 0 Å². The number of carbonyl (C=O) groups excluding carboxylic acids is 2. The second-order valence-electron chi connectivity index (χ2n) is 5.91. The van der Waals surface area contributed by atoms with Crippen molar-refractivity contribution in [2.75, 3.05) is 0 Å². The minimum absolute atomic E-state index is 0.222. The Bertz CT molecular complexity index is 936. The minimum Gasteiger partial charge on any atom is -0.489 e. The number of hydrogen-bond acceptors (Lipinski definition) is 4. The molecule has 3 aromatic rings. The molecule has 4 rings (SSSR count). The van der Waals surface area contributed by atoms with Gasteiger partial charge in [-0.15, -0.1) is 0 Å². The van der Waals surface area contributed by atoms with Gasteiger partial charge in [0.1, 0.15) is 12.4 Å². The molecule has 0 bridgehead atoms. The molecule has 0 spiro atoms. The molecule has 2 N–H and O–H groups in total. The fourth-order valence-corrected chi connectivity index (χ4v) is 3.69. The van der Waals surface area contributed by atoms with Crippen molar-refractivity contribution in [1.82, 2.24) is 10.3 Å². The zero-order chi connectivity index (χ0) is 17.2. The van der Waals surface area contributed by atoms with E-state index in [9.17, 15) is 9.59 Å². The Kier molecular flexibility index (Phi) is 4.19. The summed E-state index contributed by atoms with van der Waals surface area (Å²) in [5, 5.41) is 2.70. The highest BCUT2D eigenvalue weighted by molar-refractivity contribution is 8.15. The van der Waals surface area contributed by atoms with E-state index in [1.54, 1.807) is 0 Å². The van der Waals surface area contributed by atoms with Gasteiger partial charge < -0.3 is 9.72 Å². The fraction of sp³-hybridized carbons (Fsp3) is 0.158.